The molecule has 0 aliphatic rings. The van der Waals surface area contributed by atoms with Crippen LogP contribution >= 0.6 is 0 Å². The van der Waals surface area contributed by atoms with Crippen molar-refractivity contribution < 1.29 is 18.0 Å². The van der Waals surface area contributed by atoms with Crippen molar-refractivity contribution >= 4 is 17.5 Å². The molecule has 0 fully saturated rings. The van der Waals surface area contributed by atoms with Crippen LogP contribution in [0.3, 0.4) is 0 Å². The zero-order valence-electron chi connectivity index (χ0n) is 14.0. The first kappa shape index (κ1) is 18.4. The van der Waals surface area contributed by atoms with Gasteiger partial charge in [-0.1, -0.05) is 24.3 Å². The summed E-state index contributed by atoms with van der Waals surface area (Å²) in [5.41, 5.74) is -0.0786. The lowest BCUT2D eigenvalue weighted by molar-refractivity contribution is 0.102. The summed E-state index contributed by atoms with van der Waals surface area (Å²) in [4.78, 5) is 20.2. The molecule has 0 bridgehead atoms. The van der Waals surface area contributed by atoms with Crippen LogP contribution in [0, 0.1) is 17.5 Å². The fourth-order valence-electron chi connectivity index (χ4n) is 2.38. The van der Waals surface area contributed by atoms with Crippen LogP contribution in [0.5, 0.6) is 0 Å². The minimum absolute atomic E-state index is 0.0685. The van der Waals surface area contributed by atoms with Gasteiger partial charge in [-0.25, -0.2) is 23.1 Å². The second kappa shape index (κ2) is 8.31. The molecule has 1 aromatic heterocycles. The van der Waals surface area contributed by atoms with Crippen molar-refractivity contribution in [2.24, 2.45) is 0 Å². The number of carbonyl (C=O) groups is 1. The Balaban J connectivity index is 1.64. The number of anilines is 2. The Labute approximate surface area is 153 Å². The van der Waals surface area contributed by atoms with Gasteiger partial charge in [0.15, 0.2) is 0 Å². The van der Waals surface area contributed by atoms with Crippen LogP contribution < -0.4 is 10.6 Å². The van der Waals surface area contributed by atoms with Crippen molar-refractivity contribution in [3.63, 3.8) is 0 Å². The summed E-state index contributed by atoms with van der Waals surface area (Å²) in [6, 6.07) is 11.0. The minimum atomic E-state index is -0.888. The highest BCUT2D eigenvalue weighted by Gasteiger charge is 2.15. The number of nitrogens with one attached hydrogen (secondary N) is 2. The van der Waals surface area contributed by atoms with Gasteiger partial charge in [0.1, 0.15) is 28.8 Å². The van der Waals surface area contributed by atoms with Crippen molar-refractivity contribution in [3.8, 4) is 0 Å². The summed E-state index contributed by atoms with van der Waals surface area (Å²) in [6.45, 7) is 0.341. The van der Waals surface area contributed by atoms with Gasteiger partial charge in [-0.15, -0.1) is 0 Å². The molecule has 138 valence electrons. The molecule has 27 heavy (non-hydrogen) atoms. The van der Waals surface area contributed by atoms with Gasteiger partial charge in [0.25, 0.3) is 5.91 Å². The van der Waals surface area contributed by atoms with E-state index in [9.17, 15) is 18.0 Å². The Morgan fingerprint density at radius 3 is 2.37 bits per heavy atom. The van der Waals surface area contributed by atoms with Crippen molar-refractivity contribution in [2.45, 2.75) is 6.42 Å². The molecule has 1 amide bonds. The first-order chi connectivity index (χ1) is 13.0. The Kier molecular flexibility index (Phi) is 5.65. The Bertz CT molecular complexity index is 945. The molecule has 0 aliphatic carbocycles. The van der Waals surface area contributed by atoms with Crippen LogP contribution in [-0.4, -0.2) is 22.4 Å². The molecule has 0 atom stereocenters. The highest BCUT2D eigenvalue weighted by Crippen LogP contribution is 2.18. The van der Waals surface area contributed by atoms with Crippen LogP contribution in [0.1, 0.15) is 16.1 Å². The molecule has 3 rings (SSSR count). The molecule has 3 aromatic rings. The van der Waals surface area contributed by atoms with Gasteiger partial charge < -0.3 is 10.6 Å². The molecule has 8 heteroatoms. The van der Waals surface area contributed by atoms with Crippen LogP contribution in [0.2, 0.25) is 0 Å². The lowest BCUT2D eigenvalue weighted by Gasteiger charge is -2.09. The maximum Gasteiger partial charge on any atom is 0.274 e. The van der Waals surface area contributed by atoms with Crippen molar-refractivity contribution in [3.05, 3.63) is 83.4 Å². The molecule has 2 aromatic carbocycles. The monoisotopic (exact) mass is 372 g/mol. The van der Waals surface area contributed by atoms with Gasteiger partial charge in [-0.3, -0.25) is 4.79 Å². The zero-order valence-corrected chi connectivity index (χ0v) is 14.0. The maximum atomic E-state index is 13.6. The highest BCUT2D eigenvalue weighted by molar-refractivity contribution is 6.03. The van der Waals surface area contributed by atoms with E-state index in [1.807, 2.05) is 0 Å². The van der Waals surface area contributed by atoms with Crippen LogP contribution in [0.4, 0.5) is 24.8 Å². The molecular formula is C19H15F3N4O. The number of benzene rings is 2. The number of aromatic nitrogens is 2. The third-order valence-corrected chi connectivity index (χ3v) is 3.72. The Morgan fingerprint density at radius 2 is 1.63 bits per heavy atom. The third-order valence-electron chi connectivity index (χ3n) is 3.72. The Hall–Kier alpha value is -3.42. The van der Waals surface area contributed by atoms with E-state index in [2.05, 4.69) is 20.6 Å². The van der Waals surface area contributed by atoms with E-state index in [0.717, 1.165) is 12.1 Å². The predicted octanol–water partition coefficient (Wildman–Crippen LogP) is 3.80. The lowest BCUT2D eigenvalue weighted by Crippen LogP contribution is -2.17. The topological polar surface area (TPSA) is 66.9 Å². The van der Waals surface area contributed by atoms with Gasteiger partial charge in [-0.2, -0.15) is 0 Å². The highest BCUT2D eigenvalue weighted by atomic mass is 19.1. The second-order valence-electron chi connectivity index (χ2n) is 5.58. The molecule has 0 saturated carbocycles. The number of hydrogen-bond donors (Lipinski definition) is 2. The quantitative estimate of drug-likeness (QED) is 0.691. The van der Waals surface area contributed by atoms with Crippen molar-refractivity contribution in [1.82, 2.24) is 9.97 Å². The molecule has 0 aliphatic heterocycles. The summed E-state index contributed by atoms with van der Waals surface area (Å²) in [6.07, 6.45) is 1.73. The van der Waals surface area contributed by atoms with Crippen LogP contribution in [-0.2, 0) is 6.42 Å². The fourth-order valence-corrected chi connectivity index (χ4v) is 2.38. The smallest absolute Gasteiger partial charge is 0.274 e. The van der Waals surface area contributed by atoms with Crippen LogP contribution in [0.15, 0.2) is 54.7 Å². The molecule has 0 unspecified atom stereocenters. The van der Waals surface area contributed by atoms with Crippen LogP contribution in [0.25, 0.3) is 0 Å². The zero-order chi connectivity index (χ0) is 19.2. The predicted molar refractivity (Wildman–Crippen MR) is 94.9 cm³/mol. The fraction of sp³-hybridized carbons (Fsp3) is 0.105. The van der Waals surface area contributed by atoms with Gasteiger partial charge in [-0.05, 0) is 36.2 Å². The number of para-hydroxylation sites is 1. The van der Waals surface area contributed by atoms with Crippen molar-refractivity contribution in [2.75, 3.05) is 17.2 Å². The molecule has 0 saturated heterocycles. The molecule has 0 radical (unpaired) electrons. The van der Waals surface area contributed by atoms with E-state index >= 15 is 0 Å². The normalized spacial score (nSPS) is 10.5. The summed E-state index contributed by atoms with van der Waals surface area (Å²) >= 11 is 0. The standard InChI is InChI=1S/C19H15F3N4O/c20-13-5-2-1-4-12(13)8-10-23-19-24-11-9-16(25-19)18(27)26-17-14(21)6-3-7-15(17)22/h1-7,9,11H,8,10H2,(H,26,27)(H,23,24,25). The van der Waals surface area contributed by atoms with E-state index in [1.54, 1.807) is 18.2 Å². The Morgan fingerprint density at radius 1 is 0.926 bits per heavy atom. The number of hydrogen-bond acceptors (Lipinski definition) is 4. The molecule has 1 heterocycles. The third kappa shape index (κ3) is 4.60. The molecule has 0 spiro atoms. The van der Waals surface area contributed by atoms with Gasteiger partial charge in [0, 0.05) is 12.7 Å². The van der Waals surface area contributed by atoms with Gasteiger partial charge >= 0.3 is 0 Å². The lowest BCUT2D eigenvalue weighted by atomic mass is 10.1. The summed E-state index contributed by atoms with van der Waals surface area (Å²) in [5, 5.41) is 5.04. The van der Waals surface area contributed by atoms with Gasteiger partial charge in [0.2, 0.25) is 5.95 Å². The average molecular weight is 372 g/mol. The molecule has 2 N–H and O–H groups in total. The van der Waals surface area contributed by atoms with Gasteiger partial charge in [0.05, 0.1) is 0 Å². The van der Waals surface area contributed by atoms with E-state index in [-0.39, 0.29) is 17.5 Å². The number of rotatable bonds is 6. The number of nitrogens with zero attached hydrogens (tertiary/aromatic N) is 2. The van der Waals surface area contributed by atoms with E-state index in [1.165, 1.54) is 24.4 Å². The van der Waals surface area contributed by atoms with E-state index in [0.29, 0.717) is 18.5 Å². The SMILES string of the molecule is O=C(Nc1c(F)cccc1F)c1ccnc(NCCc2ccccc2F)n1. The largest absolute Gasteiger partial charge is 0.354 e. The summed E-state index contributed by atoms with van der Waals surface area (Å²) < 4.78 is 40.9. The summed E-state index contributed by atoms with van der Waals surface area (Å²) in [5.74, 6) is -2.71. The first-order valence-electron chi connectivity index (χ1n) is 8.10. The van der Waals surface area contributed by atoms with E-state index < -0.39 is 23.2 Å². The number of halogens is 3. The first-order valence-corrected chi connectivity index (χ1v) is 8.10. The van der Waals surface area contributed by atoms with E-state index in [4.69, 9.17) is 0 Å². The second-order valence-corrected chi connectivity index (χ2v) is 5.58. The summed E-state index contributed by atoms with van der Waals surface area (Å²) in [7, 11) is 0. The molecule has 5 nitrogen and oxygen atoms in total. The molecular weight excluding hydrogens is 357 g/mol. The minimum Gasteiger partial charge on any atom is -0.354 e. The number of carbonyl (C=O) groups excluding carboxylic acids is 1. The number of amides is 1. The maximum absolute atomic E-state index is 13.6. The average Bonchev–Trinajstić information content (AvgIpc) is 2.66. The van der Waals surface area contributed by atoms with Crippen molar-refractivity contribution in [1.29, 1.82) is 0 Å².